The summed E-state index contributed by atoms with van der Waals surface area (Å²) in [5.74, 6) is 0. The molecular formula is C9H10ClN3OS2. The molecule has 16 heavy (non-hydrogen) atoms. The Balaban J connectivity index is 2.37. The Kier molecular flexibility index (Phi) is 3.51. The van der Waals surface area contributed by atoms with E-state index in [4.69, 9.17) is 11.6 Å². The number of fused-ring (bicyclic) bond motifs is 1. The molecule has 2 heterocycles. The molecule has 0 fully saturated rings. The van der Waals surface area contributed by atoms with Gasteiger partial charge in [-0.05, 0) is 11.9 Å². The van der Waals surface area contributed by atoms with Crippen LogP contribution in [0.2, 0.25) is 5.15 Å². The van der Waals surface area contributed by atoms with Gasteiger partial charge in [0, 0.05) is 17.5 Å². The molecule has 1 aliphatic rings. The molecule has 0 amide bonds. The van der Waals surface area contributed by atoms with Gasteiger partial charge in [0.1, 0.15) is 5.15 Å². The number of pyridine rings is 1. The molecular weight excluding hydrogens is 266 g/mol. The molecule has 0 radical (unpaired) electrons. The van der Waals surface area contributed by atoms with Crippen LogP contribution in [0.3, 0.4) is 0 Å². The Morgan fingerprint density at radius 1 is 1.56 bits per heavy atom. The molecule has 4 nitrogen and oxygen atoms in total. The van der Waals surface area contributed by atoms with Crippen LogP contribution in [-0.2, 0) is 10.8 Å². The number of hydrogen-bond donors (Lipinski definition) is 1. The summed E-state index contributed by atoms with van der Waals surface area (Å²) in [7, 11) is -1.12. The topological polar surface area (TPSA) is 54.4 Å². The second-order valence-corrected chi connectivity index (χ2v) is 6.60. The van der Waals surface area contributed by atoms with Gasteiger partial charge >= 0.3 is 0 Å². The largest absolute Gasteiger partial charge is 0.303 e. The van der Waals surface area contributed by atoms with E-state index in [2.05, 4.69) is 14.7 Å². The third-order valence-electron chi connectivity index (χ3n) is 1.90. The Morgan fingerprint density at radius 2 is 2.31 bits per heavy atom. The van der Waals surface area contributed by atoms with Crippen molar-refractivity contribution in [3.63, 3.8) is 0 Å². The van der Waals surface area contributed by atoms with Gasteiger partial charge in [-0.2, -0.15) is 0 Å². The summed E-state index contributed by atoms with van der Waals surface area (Å²) in [5, 5.41) is 0.903. The molecule has 0 saturated carbocycles. The summed E-state index contributed by atoms with van der Waals surface area (Å²) in [4.78, 5) is 9.13. The summed E-state index contributed by atoms with van der Waals surface area (Å²) in [6, 6.07) is 1.67. The first-order chi connectivity index (χ1) is 7.58. The lowest BCUT2D eigenvalue weighted by Gasteiger charge is -2.16. The Hall–Kier alpha value is -0.590. The van der Waals surface area contributed by atoms with Gasteiger partial charge in [-0.3, -0.25) is 4.21 Å². The Bertz CT molecular complexity index is 476. The van der Waals surface area contributed by atoms with Gasteiger partial charge in [0.15, 0.2) is 0 Å². The molecule has 2 rings (SSSR count). The molecule has 0 aliphatic carbocycles. The van der Waals surface area contributed by atoms with E-state index in [-0.39, 0.29) is 5.25 Å². The zero-order chi connectivity index (χ0) is 11.7. The minimum absolute atomic E-state index is 0.0331. The lowest BCUT2D eigenvalue weighted by atomic mass is 10.4. The van der Waals surface area contributed by atoms with Gasteiger partial charge in [0.25, 0.3) is 0 Å². The van der Waals surface area contributed by atoms with Crippen LogP contribution in [0.5, 0.6) is 0 Å². The average Bonchev–Trinajstić information content (AvgIpc) is 2.26. The highest BCUT2D eigenvalue weighted by molar-refractivity contribution is 8.05. The third kappa shape index (κ3) is 2.39. The van der Waals surface area contributed by atoms with Crippen molar-refractivity contribution in [2.75, 3.05) is 0 Å². The predicted octanol–water partition coefficient (Wildman–Crippen LogP) is 2.49. The fourth-order valence-electron chi connectivity index (χ4n) is 1.11. The van der Waals surface area contributed by atoms with Crippen LogP contribution in [-0.4, -0.2) is 19.6 Å². The molecule has 0 bridgehead atoms. The highest BCUT2D eigenvalue weighted by atomic mass is 35.5. The van der Waals surface area contributed by atoms with Crippen molar-refractivity contribution in [1.29, 1.82) is 0 Å². The molecule has 1 atom stereocenters. The van der Waals surface area contributed by atoms with E-state index in [0.717, 1.165) is 4.90 Å². The van der Waals surface area contributed by atoms with E-state index in [1.54, 1.807) is 12.3 Å². The van der Waals surface area contributed by atoms with Crippen molar-refractivity contribution in [3.8, 4) is 0 Å². The van der Waals surface area contributed by atoms with Gasteiger partial charge < -0.3 is 4.72 Å². The molecule has 1 aromatic rings. The molecule has 1 aliphatic heterocycles. The van der Waals surface area contributed by atoms with Crippen LogP contribution >= 0.6 is 23.5 Å². The highest BCUT2D eigenvalue weighted by Gasteiger charge is 2.19. The van der Waals surface area contributed by atoms with Crippen molar-refractivity contribution in [2.45, 2.75) is 24.0 Å². The molecule has 0 aromatic carbocycles. The second-order valence-electron chi connectivity index (χ2n) is 3.44. The lowest BCUT2D eigenvalue weighted by molar-refractivity contribution is 0.683. The van der Waals surface area contributed by atoms with E-state index in [1.807, 2.05) is 13.8 Å². The number of aromatic nitrogens is 1. The molecule has 0 saturated heterocycles. The van der Waals surface area contributed by atoms with Crippen LogP contribution in [0.25, 0.3) is 0 Å². The SMILES string of the molecule is CC(C)S(=O)C1=Nc2cc(Cl)ncc2SN1. The number of amidine groups is 1. The maximum Gasteiger partial charge on any atom is 0.203 e. The monoisotopic (exact) mass is 275 g/mol. The minimum Gasteiger partial charge on any atom is -0.303 e. The first kappa shape index (κ1) is 11.9. The summed E-state index contributed by atoms with van der Waals surface area (Å²) < 4.78 is 14.8. The van der Waals surface area contributed by atoms with Crippen molar-refractivity contribution < 1.29 is 4.21 Å². The van der Waals surface area contributed by atoms with Gasteiger partial charge in [-0.25, -0.2) is 9.98 Å². The van der Waals surface area contributed by atoms with Gasteiger partial charge in [0.05, 0.1) is 21.4 Å². The predicted molar refractivity (Wildman–Crippen MR) is 68.6 cm³/mol. The Labute approximate surface area is 105 Å². The lowest BCUT2D eigenvalue weighted by Crippen LogP contribution is -2.28. The van der Waals surface area contributed by atoms with E-state index in [0.29, 0.717) is 16.0 Å². The zero-order valence-corrected chi connectivity index (χ0v) is 11.1. The number of aliphatic imine (C=N–C) groups is 1. The normalized spacial score (nSPS) is 16.4. The first-order valence-electron chi connectivity index (χ1n) is 4.65. The first-order valence-corrected chi connectivity index (χ1v) is 7.06. The smallest absolute Gasteiger partial charge is 0.203 e. The van der Waals surface area contributed by atoms with Gasteiger partial charge in [-0.1, -0.05) is 25.4 Å². The highest BCUT2D eigenvalue weighted by Crippen LogP contribution is 2.32. The average molecular weight is 276 g/mol. The number of rotatable bonds is 1. The summed E-state index contributed by atoms with van der Waals surface area (Å²) >= 11 is 7.14. The molecule has 1 unspecified atom stereocenters. The van der Waals surface area contributed by atoms with Crippen LogP contribution in [0, 0.1) is 0 Å². The Morgan fingerprint density at radius 3 is 3.00 bits per heavy atom. The van der Waals surface area contributed by atoms with Crippen molar-refractivity contribution in [2.24, 2.45) is 4.99 Å². The number of nitrogens with one attached hydrogen (secondary N) is 1. The minimum atomic E-state index is -1.12. The van der Waals surface area contributed by atoms with Crippen molar-refractivity contribution in [1.82, 2.24) is 9.71 Å². The summed E-state index contributed by atoms with van der Waals surface area (Å²) in [5.41, 5.74) is 0.716. The zero-order valence-electron chi connectivity index (χ0n) is 8.73. The summed E-state index contributed by atoms with van der Waals surface area (Å²) in [6.07, 6.45) is 1.65. The van der Waals surface area contributed by atoms with E-state index in [9.17, 15) is 4.21 Å². The van der Waals surface area contributed by atoms with Crippen molar-refractivity contribution in [3.05, 3.63) is 17.4 Å². The summed E-state index contributed by atoms with van der Waals surface area (Å²) in [6.45, 7) is 3.78. The molecule has 0 spiro atoms. The van der Waals surface area contributed by atoms with Crippen molar-refractivity contribution >= 4 is 45.2 Å². The maximum absolute atomic E-state index is 11.8. The number of halogens is 1. The fourth-order valence-corrected chi connectivity index (χ4v) is 2.91. The van der Waals surface area contributed by atoms with E-state index in [1.165, 1.54) is 11.9 Å². The fraction of sp³-hybridized carbons (Fsp3) is 0.333. The van der Waals surface area contributed by atoms with Crippen LogP contribution in [0.15, 0.2) is 22.2 Å². The quantitative estimate of drug-likeness (QED) is 0.632. The van der Waals surface area contributed by atoms with Gasteiger partial charge in [-0.15, -0.1) is 0 Å². The van der Waals surface area contributed by atoms with E-state index < -0.39 is 10.8 Å². The van der Waals surface area contributed by atoms with Crippen LogP contribution in [0.4, 0.5) is 5.69 Å². The standard InChI is InChI=1S/C9H10ClN3OS2/c1-5(2)16(14)9-12-6-3-8(10)11-4-7(6)15-13-9/h3-5H,1-2H3,(H,12,13). The number of hydrogen-bond acceptors (Lipinski definition) is 5. The van der Waals surface area contributed by atoms with Crippen LogP contribution in [0.1, 0.15) is 13.8 Å². The molecule has 1 aromatic heterocycles. The molecule has 86 valence electrons. The second kappa shape index (κ2) is 4.73. The van der Waals surface area contributed by atoms with Gasteiger partial charge in [0.2, 0.25) is 5.17 Å². The molecule has 1 N–H and O–H groups in total. The molecule has 7 heteroatoms. The van der Waals surface area contributed by atoms with E-state index >= 15 is 0 Å². The maximum atomic E-state index is 11.8. The number of nitrogens with zero attached hydrogens (tertiary/aromatic N) is 2. The third-order valence-corrected chi connectivity index (χ3v) is 4.50. The van der Waals surface area contributed by atoms with Crippen LogP contribution < -0.4 is 4.72 Å².